The summed E-state index contributed by atoms with van der Waals surface area (Å²) < 4.78 is 1.85. The van der Waals surface area contributed by atoms with Crippen LogP contribution in [0.15, 0.2) is 42.7 Å². The van der Waals surface area contributed by atoms with Gasteiger partial charge in [0.15, 0.2) is 0 Å². The van der Waals surface area contributed by atoms with Crippen LogP contribution in [0.2, 0.25) is 0 Å². The summed E-state index contributed by atoms with van der Waals surface area (Å²) in [6, 6.07) is 10.2. The predicted octanol–water partition coefficient (Wildman–Crippen LogP) is 1.93. The van der Waals surface area contributed by atoms with Gasteiger partial charge < -0.3 is 10.2 Å². The molecule has 1 aromatic carbocycles. The third-order valence-corrected chi connectivity index (χ3v) is 4.66. The number of piperidine rings is 1. The molecule has 1 saturated heterocycles. The third kappa shape index (κ3) is 3.15. The Bertz CT molecular complexity index is 642. The van der Waals surface area contributed by atoms with Crippen molar-refractivity contribution in [3.8, 4) is 0 Å². The Labute approximate surface area is 137 Å². The number of hydrogen-bond donors (Lipinski definition) is 1. The largest absolute Gasteiger partial charge is 0.339 e. The molecule has 122 valence electrons. The van der Waals surface area contributed by atoms with Gasteiger partial charge in [-0.3, -0.25) is 9.48 Å². The summed E-state index contributed by atoms with van der Waals surface area (Å²) in [5.41, 5.74) is 1.82. The molecule has 5 heteroatoms. The molecule has 1 fully saturated rings. The summed E-state index contributed by atoms with van der Waals surface area (Å²) in [5.74, 6) is 0.142. The van der Waals surface area contributed by atoms with Gasteiger partial charge in [-0.25, -0.2) is 0 Å². The molecule has 2 aromatic rings. The van der Waals surface area contributed by atoms with Crippen LogP contribution < -0.4 is 5.32 Å². The van der Waals surface area contributed by atoms with Gasteiger partial charge in [-0.15, -0.1) is 0 Å². The second-order valence-corrected chi connectivity index (χ2v) is 6.38. The van der Waals surface area contributed by atoms with E-state index < -0.39 is 5.54 Å². The van der Waals surface area contributed by atoms with Crippen LogP contribution in [0.5, 0.6) is 0 Å². The van der Waals surface area contributed by atoms with Crippen LogP contribution in [-0.4, -0.2) is 40.7 Å². The number of nitrogens with zero attached hydrogens (tertiary/aromatic N) is 3. The molecule has 1 amide bonds. The van der Waals surface area contributed by atoms with E-state index in [1.54, 1.807) is 6.20 Å². The minimum absolute atomic E-state index is 0.142. The Kier molecular flexibility index (Phi) is 4.48. The van der Waals surface area contributed by atoms with Crippen molar-refractivity contribution in [3.05, 3.63) is 53.9 Å². The highest BCUT2D eigenvalue weighted by molar-refractivity contribution is 5.84. The Hall–Kier alpha value is -2.14. The van der Waals surface area contributed by atoms with Gasteiger partial charge in [-0.2, -0.15) is 5.10 Å². The highest BCUT2D eigenvalue weighted by atomic mass is 16.2. The van der Waals surface area contributed by atoms with Gasteiger partial charge in [-0.1, -0.05) is 29.8 Å². The van der Waals surface area contributed by atoms with E-state index in [2.05, 4.69) is 41.6 Å². The van der Waals surface area contributed by atoms with Gasteiger partial charge in [-0.05, 0) is 44.5 Å². The smallest absolute Gasteiger partial charge is 0.250 e. The molecule has 1 N–H and O–H groups in total. The summed E-state index contributed by atoms with van der Waals surface area (Å²) in [6.07, 6.45) is 5.19. The zero-order chi connectivity index (χ0) is 16.3. The standard InChI is InChI=1S/C18H24N4O/c1-15-4-6-16(7-5-15)14-21(2)17(23)18(8-11-19-12-9-18)22-13-3-10-20-22/h3-7,10,13,19H,8-9,11-12,14H2,1-2H3. The van der Waals surface area contributed by atoms with Gasteiger partial charge in [0.1, 0.15) is 5.54 Å². The highest BCUT2D eigenvalue weighted by Crippen LogP contribution is 2.29. The topological polar surface area (TPSA) is 50.2 Å². The van der Waals surface area contributed by atoms with Crippen LogP contribution in [0, 0.1) is 6.92 Å². The van der Waals surface area contributed by atoms with E-state index in [4.69, 9.17) is 0 Å². The van der Waals surface area contributed by atoms with Crippen LogP contribution in [-0.2, 0) is 16.9 Å². The second kappa shape index (κ2) is 6.54. The average Bonchev–Trinajstić information content (AvgIpc) is 3.12. The number of amides is 1. The zero-order valence-electron chi connectivity index (χ0n) is 13.8. The molecule has 0 radical (unpaired) electrons. The lowest BCUT2D eigenvalue weighted by atomic mass is 9.86. The zero-order valence-corrected chi connectivity index (χ0v) is 13.8. The molecule has 0 spiro atoms. The van der Waals surface area contributed by atoms with Crippen molar-refractivity contribution in [2.45, 2.75) is 31.8 Å². The maximum absolute atomic E-state index is 13.2. The molecule has 1 aliphatic heterocycles. The minimum Gasteiger partial charge on any atom is -0.339 e. The van der Waals surface area contributed by atoms with Gasteiger partial charge in [0.25, 0.3) is 5.91 Å². The summed E-state index contributed by atoms with van der Waals surface area (Å²) >= 11 is 0. The minimum atomic E-state index is -0.561. The quantitative estimate of drug-likeness (QED) is 0.938. The monoisotopic (exact) mass is 312 g/mol. The second-order valence-electron chi connectivity index (χ2n) is 6.38. The molecule has 0 saturated carbocycles. The summed E-state index contributed by atoms with van der Waals surface area (Å²) in [7, 11) is 1.88. The van der Waals surface area contributed by atoms with E-state index in [1.807, 2.05) is 28.9 Å². The molecule has 23 heavy (non-hydrogen) atoms. The fraction of sp³-hybridized carbons (Fsp3) is 0.444. The summed E-state index contributed by atoms with van der Waals surface area (Å²) in [5, 5.41) is 7.71. The Morgan fingerprint density at radius 1 is 1.30 bits per heavy atom. The molecule has 1 aromatic heterocycles. The van der Waals surface area contributed by atoms with Crippen LogP contribution in [0.1, 0.15) is 24.0 Å². The Morgan fingerprint density at radius 3 is 2.61 bits per heavy atom. The lowest BCUT2D eigenvalue weighted by molar-refractivity contribution is -0.142. The Morgan fingerprint density at radius 2 is 2.00 bits per heavy atom. The molecule has 0 atom stereocenters. The first-order chi connectivity index (χ1) is 11.1. The van der Waals surface area contributed by atoms with E-state index in [1.165, 1.54) is 5.56 Å². The maximum atomic E-state index is 13.2. The van der Waals surface area contributed by atoms with Gasteiger partial charge in [0.05, 0.1) is 0 Å². The molecule has 1 aliphatic rings. The Balaban J connectivity index is 1.81. The number of hydrogen-bond acceptors (Lipinski definition) is 3. The molecular weight excluding hydrogens is 288 g/mol. The van der Waals surface area contributed by atoms with Gasteiger partial charge in [0, 0.05) is 26.0 Å². The van der Waals surface area contributed by atoms with Crippen LogP contribution in [0.3, 0.4) is 0 Å². The van der Waals surface area contributed by atoms with E-state index in [9.17, 15) is 4.79 Å². The van der Waals surface area contributed by atoms with Crippen molar-refractivity contribution >= 4 is 5.91 Å². The van der Waals surface area contributed by atoms with Crippen LogP contribution in [0.25, 0.3) is 0 Å². The first kappa shape index (κ1) is 15.7. The molecule has 0 unspecified atom stereocenters. The van der Waals surface area contributed by atoms with E-state index >= 15 is 0 Å². The number of aromatic nitrogens is 2. The SMILES string of the molecule is Cc1ccc(CN(C)C(=O)C2(n3cccn3)CCNCC2)cc1. The first-order valence-corrected chi connectivity index (χ1v) is 8.14. The van der Waals surface area contributed by atoms with E-state index in [-0.39, 0.29) is 5.91 Å². The predicted molar refractivity (Wildman–Crippen MR) is 90.0 cm³/mol. The fourth-order valence-electron chi connectivity index (χ4n) is 3.30. The van der Waals surface area contributed by atoms with Crippen molar-refractivity contribution in [3.63, 3.8) is 0 Å². The molecule has 0 bridgehead atoms. The third-order valence-electron chi connectivity index (χ3n) is 4.66. The van der Waals surface area contributed by atoms with Crippen molar-refractivity contribution in [1.29, 1.82) is 0 Å². The summed E-state index contributed by atoms with van der Waals surface area (Å²) in [6.45, 7) is 4.36. The number of likely N-dealkylation sites (N-methyl/N-ethyl adjacent to an activating group) is 1. The molecule has 3 rings (SSSR count). The number of rotatable bonds is 4. The number of carbonyl (C=O) groups is 1. The average molecular weight is 312 g/mol. The van der Waals surface area contributed by atoms with Gasteiger partial charge in [0.2, 0.25) is 0 Å². The molecule has 5 nitrogen and oxygen atoms in total. The maximum Gasteiger partial charge on any atom is 0.250 e. The van der Waals surface area contributed by atoms with Crippen molar-refractivity contribution in [2.75, 3.05) is 20.1 Å². The molecule has 2 heterocycles. The lowest BCUT2D eigenvalue weighted by Gasteiger charge is -2.39. The number of benzene rings is 1. The molecular formula is C18H24N4O. The van der Waals surface area contributed by atoms with Crippen molar-refractivity contribution in [2.24, 2.45) is 0 Å². The summed E-state index contributed by atoms with van der Waals surface area (Å²) in [4.78, 5) is 15.1. The lowest BCUT2D eigenvalue weighted by Crippen LogP contribution is -2.54. The van der Waals surface area contributed by atoms with Gasteiger partial charge >= 0.3 is 0 Å². The van der Waals surface area contributed by atoms with Crippen molar-refractivity contribution < 1.29 is 4.79 Å². The fourth-order valence-corrected chi connectivity index (χ4v) is 3.30. The first-order valence-electron chi connectivity index (χ1n) is 8.14. The molecule has 0 aliphatic carbocycles. The van der Waals surface area contributed by atoms with Crippen LogP contribution in [0.4, 0.5) is 0 Å². The van der Waals surface area contributed by atoms with Crippen LogP contribution >= 0.6 is 0 Å². The number of aryl methyl sites for hydroxylation is 1. The van der Waals surface area contributed by atoms with E-state index in [0.29, 0.717) is 6.54 Å². The highest BCUT2D eigenvalue weighted by Gasteiger charge is 2.43. The normalized spacial score (nSPS) is 17.0. The number of carbonyl (C=O) groups excluding carboxylic acids is 1. The van der Waals surface area contributed by atoms with Crippen molar-refractivity contribution in [1.82, 2.24) is 20.0 Å². The van der Waals surface area contributed by atoms with E-state index in [0.717, 1.165) is 31.5 Å². The number of nitrogens with one attached hydrogen (secondary N) is 1.